The predicted molar refractivity (Wildman–Crippen MR) is 84.0 cm³/mol. The zero-order chi connectivity index (χ0) is 13.2. The molecular weight excluding hydrogens is 252 g/mol. The monoisotopic (exact) mass is 266 g/mol. The molecule has 0 saturated carbocycles. The summed E-state index contributed by atoms with van der Waals surface area (Å²) in [5.74, 6) is 0. The summed E-state index contributed by atoms with van der Waals surface area (Å²) in [6.07, 6.45) is 0. The van der Waals surface area contributed by atoms with E-state index in [0.29, 0.717) is 11.4 Å². The van der Waals surface area contributed by atoms with Gasteiger partial charge in [0.2, 0.25) is 0 Å². The minimum absolute atomic E-state index is 0.676. The largest absolute Gasteiger partial charge is 0.396 e. The standard InChI is InChI=1S/C16H14N2S/c17-13-14(18)16(12-9-5-2-6-10-12)19-15(13)11-7-3-1-4-8-11/h1-10H,17-18H2. The lowest BCUT2D eigenvalue weighted by Crippen LogP contribution is -1.92. The molecule has 3 rings (SSSR count). The summed E-state index contributed by atoms with van der Waals surface area (Å²) in [5, 5.41) is 0. The molecule has 2 nitrogen and oxygen atoms in total. The summed E-state index contributed by atoms with van der Waals surface area (Å²) in [5.41, 5.74) is 15.9. The third kappa shape index (κ3) is 2.09. The Labute approximate surface area is 116 Å². The average molecular weight is 266 g/mol. The van der Waals surface area contributed by atoms with Crippen molar-refractivity contribution in [1.29, 1.82) is 0 Å². The van der Waals surface area contributed by atoms with E-state index in [2.05, 4.69) is 24.3 Å². The van der Waals surface area contributed by atoms with Crippen molar-refractivity contribution in [3.05, 3.63) is 60.7 Å². The number of anilines is 2. The summed E-state index contributed by atoms with van der Waals surface area (Å²) >= 11 is 1.64. The summed E-state index contributed by atoms with van der Waals surface area (Å²) in [6.45, 7) is 0. The molecule has 0 spiro atoms. The molecule has 3 heteroatoms. The zero-order valence-corrected chi connectivity index (χ0v) is 11.2. The van der Waals surface area contributed by atoms with Crippen molar-refractivity contribution in [2.45, 2.75) is 0 Å². The van der Waals surface area contributed by atoms with Gasteiger partial charge in [-0.25, -0.2) is 0 Å². The molecule has 19 heavy (non-hydrogen) atoms. The van der Waals surface area contributed by atoms with Gasteiger partial charge in [0, 0.05) is 0 Å². The third-order valence-corrected chi connectivity index (χ3v) is 4.37. The van der Waals surface area contributed by atoms with Crippen molar-refractivity contribution >= 4 is 22.7 Å². The van der Waals surface area contributed by atoms with Crippen molar-refractivity contribution < 1.29 is 0 Å². The van der Waals surface area contributed by atoms with Crippen molar-refractivity contribution in [1.82, 2.24) is 0 Å². The first kappa shape index (κ1) is 11.8. The second kappa shape index (κ2) is 4.78. The Balaban J connectivity index is 2.16. The summed E-state index contributed by atoms with van der Waals surface area (Å²) in [6, 6.07) is 20.2. The van der Waals surface area contributed by atoms with Gasteiger partial charge in [-0.3, -0.25) is 0 Å². The molecule has 3 aromatic rings. The number of thiophene rings is 1. The molecule has 0 fully saturated rings. The van der Waals surface area contributed by atoms with Crippen molar-refractivity contribution in [3.8, 4) is 20.9 Å². The maximum Gasteiger partial charge on any atom is 0.0744 e. The van der Waals surface area contributed by atoms with Crippen LogP contribution >= 0.6 is 11.3 Å². The first-order chi connectivity index (χ1) is 9.27. The van der Waals surface area contributed by atoms with Crippen molar-refractivity contribution in [2.24, 2.45) is 0 Å². The minimum Gasteiger partial charge on any atom is -0.396 e. The number of hydrogen-bond acceptors (Lipinski definition) is 3. The van der Waals surface area contributed by atoms with Crippen LogP contribution in [0.25, 0.3) is 20.9 Å². The van der Waals surface area contributed by atoms with E-state index in [0.717, 1.165) is 20.9 Å². The Bertz CT molecular complexity index is 628. The lowest BCUT2D eigenvalue weighted by molar-refractivity contribution is 1.68. The zero-order valence-electron chi connectivity index (χ0n) is 10.3. The van der Waals surface area contributed by atoms with Gasteiger partial charge in [0.25, 0.3) is 0 Å². The van der Waals surface area contributed by atoms with Gasteiger partial charge in [0.05, 0.1) is 21.1 Å². The highest BCUT2D eigenvalue weighted by Crippen LogP contribution is 2.45. The Morgan fingerprint density at radius 3 is 1.32 bits per heavy atom. The molecular formula is C16H14N2S. The molecule has 4 N–H and O–H groups in total. The van der Waals surface area contributed by atoms with Gasteiger partial charge in [-0.2, -0.15) is 0 Å². The maximum absolute atomic E-state index is 6.16. The van der Waals surface area contributed by atoms with Crippen LogP contribution in [0.2, 0.25) is 0 Å². The van der Waals surface area contributed by atoms with Gasteiger partial charge in [0.15, 0.2) is 0 Å². The fourth-order valence-electron chi connectivity index (χ4n) is 2.06. The predicted octanol–water partition coefficient (Wildman–Crippen LogP) is 4.25. The smallest absolute Gasteiger partial charge is 0.0744 e. The van der Waals surface area contributed by atoms with E-state index in [9.17, 15) is 0 Å². The van der Waals surface area contributed by atoms with Crippen molar-refractivity contribution in [3.63, 3.8) is 0 Å². The number of nitrogen functional groups attached to an aromatic ring is 2. The van der Waals surface area contributed by atoms with Gasteiger partial charge in [-0.15, -0.1) is 11.3 Å². The van der Waals surface area contributed by atoms with Gasteiger partial charge in [-0.1, -0.05) is 60.7 Å². The first-order valence-electron chi connectivity index (χ1n) is 6.06. The second-order valence-corrected chi connectivity index (χ2v) is 5.34. The lowest BCUT2D eigenvalue weighted by Gasteiger charge is -1.99. The van der Waals surface area contributed by atoms with E-state index >= 15 is 0 Å². The van der Waals surface area contributed by atoms with Crippen LogP contribution < -0.4 is 11.5 Å². The molecule has 0 radical (unpaired) electrons. The van der Waals surface area contributed by atoms with Gasteiger partial charge < -0.3 is 11.5 Å². The quantitative estimate of drug-likeness (QED) is 0.728. The van der Waals surface area contributed by atoms with Gasteiger partial charge >= 0.3 is 0 Å². The molecule has 1 heterocycles. The van der Waals surface area contributed by atoms with Gasteiger partial charge in [-0.05, 0) is 11.1 Å². The van der Waals surface area contributed by atoms with Crippen LogP contribution in [-0.4, -0.2) is 0 Å². The average Bonchev–Trinajstić information content (AvgIpc) is 2.77. The van der Waals surface area contributed by atoms with E-state index in [4.69, 9.17) is 11.5 Å². The Hall–Kier alpha value is -2.26. The van der Waals surface area contributed by atoms with E-state index in [1.54, 1.807) is 11.3 Å². The Kier molecular flexibility index (Phi) is 2.97. The summed E-state index contributed by atoms with van der Waals surface area (Å²) in [7, 11) is 0. The lowest BCUT2D eigenvalue weighted by atomic mass is 10.1. The van der Waals surface area contributed by atoms with Gasteiger partial charge in [0.1, 0.15) is 0 Å². The third-order valence-electron chi connectivity index (χ3n) is 3.06. The normalized spacial score (nSPS) is 10.5. The van der Waals surface area contributed by atoms with E-state index in [1.165, 1.54) is 0 Å². The molecule has 0 bridgehead atoms. The summed E-state index contributed by atoms with van der Waals surface area (Å²) in [4.78, 5) is 2.08. The Morgan fingerprint density at radius 2 is 0.947 bits per heavy atom. The SMILES string of the molecule is Nc1c(-c2ccccc2)sc(-c2ccccc2)c1N. The number of benzene rings is 2. The van der Waals surface area contributed by atoms with Crippen LogP contribution in [0.1, 0.15) is 0 Å². The minimum atomic E-state index is 0.676. The highest BCUT2D eigenvalue weighted by Gasteiger charge is 2.15. The van der Waals surface area contributed by atoms with E-state index in [-0.39, 0.29) is 0 Å². The first-order valence-corrected chi connectivity index (χ1v) is 6.87. The topological polar surface area (TPSA) is 52.0 Å². The molecule has 1 aromatic heterocycles. The van der Waals surface area contributed by atoms with E-state index < -0.39 is 0 Å². The van der Waals surface area contributed by atoms with Crippen LogP contribution in [0.4, 0.5) is 11.4 Å². The van der Waals surface area contributed by atoms with E-state index in [1.807, 2.05) is 36.4 Å². The maximum atomic E-state index is 6.16. The molecule has 0 aliphatic heterocycles. The highest BCUT2D eigenvalue weighted by atomic mass is 32.1. The highest BCUT2D eigenvalue weighted by molar-refractivity contribution is 7.20. The fourth-order valence-corrected chi connectivity index (χ4v) is 3.22. The number of hydrogen-bond donors (Lipinski definition) is 2. The molecule has 94 valence electrons. The van der Waals surface area contributed by atoms with Crippen LogP contribution in [0.3, 0.4) is 0 Å². The second-order valence-electron chi connectivity index (χ2n) is 4.32. The summed E-state index contributed by atoms with van der Waals surface area (Å²) < 4.78 is 0. The molecule has 0 saturated heterocycles. The molecule has 0 amide bonds. The number of rotatable bonds is 2. The number of nitrogens with two attached hydrogens (primary N) is 2. The molecule has 0 unspecified atom stereocenters. The van der Waals surface area contributed by atoms with Crippen molar-refractivity contribution in [2.75, 3.05) is 11.5 Å². The molecule has 0 atom stereocenters. The molecule has 0 aliphatic rings. The molecule has 0 aliphatic carbocycles. The van der Waals surface area contributed by atoms with Crippen LogP contribution in [0, 0.1) is 0 Å². The molecule has 2 aromatic carbocycles. The van der Waals surface area contributed by atoms with Crippen LogP contribution in [-0.2, 0) is 0 Å². The van der Waals surface area contributed by atoms with Crippen LogP contribution in [0.5, 0.6) is 0 Å². The van der Waals surface area contributed by atoms with Crippen LogP contribution in [0.15, 0.2) is 60.7 Å². The Morgan fingerprint density at radius 1 is 0.579 bits per heavy atom. The fraction of sp³-hybridized carbons (Fsp3) is 0.